The molecule has 1 aliphatic heterocycles. The monoisotopic (exact) mass is 466 g/mol. The fraction of sp³-hybridized carbons (Fsp3) is 0.429. The molecule has 1 unspecified atom stereocenters. The molecule has 0 aliphatic carbocycles. The predicted octanol–water partition coefficient (Wildman–Crippen LogP) is 2.29. The van der Waals surface area contributed by atoms with Gasteiger partial charge in [-0.1, -0.05) is 17.7 Å². The molecule has 0 spiro atoms. The van der Waals surface area contributed by atoms with Crippen LogP contribution >= 0.6 is 11.6 Å². The number of nitrogens with zero attached hydrogens (tertiary/aromatic N) is 3. The summed E-state index contributed by atoms with van der Waals surface area (Å²) < 4.78 is 33.7. The van der Waals surface area contributed by atoms with Crippen molar-refractivity contribution in [1.29, 1.82) is 0 Å². The molecule has 2 heterocycles. The molecule has 3 rings (SSSR count). The first kappa shape index (κ1) is 23.5. The minimum atomic E-state index is -3.54. The highest BCUT2D eigenvalue weighted by Gasteiger charge is 2.28. The Morgan fingerprint density at radius 1 is 1.39 bits per heavy atom. The number of carbonyl (C=O) groups is 1. The van der Waals surface area contributed by atoms with E-state index in [1.165, 1.54) is 14.1 Å². The first-order chi connectivity index (χ1) is 14.6. The fourth-order valence-electron chi connectivity index (χ4n) is 3.49. The zero-order valence-corrected chi connectivity index (χ0v) is 19.6. The third kappa shape index (κ3) is 5.54. The van der Waals surface area contributed by atoms with Crippen LogP contribution in [0.3, 0.4) is 0 Å². The third-order valence-corrected chi connectivity index (χ3v) is 6.98. The average Bonchev–Trinajstić information content (AvgIpc) is 2.72. The van der Waals surface area contributed by atoms with Gasteiger partial charge in [0.2, 0.25) is 0 Å². The Bertz CT molecular complexity index is 1080. The van der Waals surface area contributed by atoms with Crippen molar-refractivity contribution in [1.82, 2.24) is 18.9 Å². The van der Waals surface area contributed by atoms with Crippen molar-refractivity contribution in [2.45, 2.75) is 39.5 Å². The van der Waals surface area contributed by atoms with Crippen molar-refractivity contribution in [3.8, 4) is 5.75 Å². The van der Waals surface area contributed by atoms with Gasteiger partial charge in [-0.2, -0.15) is 17.4 Å². The number of rotatable bonds is 7. The molecule has 2 aromatic rings. The maximum Gasteiger partial charge on any atom is 0.279 e. The van der Waals surface area contributed by atoms with Gasteiger partial charge in [-0.05, 0) is 55.2 Å². The quantitative estimate of drug-likeness (QED) is 0.676. The van der Waals surface area contributed by atoms with Crippen LogP contribution in [0, 0.1) is 6.92 Å². The first-order valence-electron chi connectivity index (χ1n) is 9.93. The average molecular weight is 467 g/mol. The highest BCUT2D eigenvalue weighted by atomic mass is 35.5. The molecule has 0 bridgehead atoms. The molecule has 0 fully saturated rings. The van der Waals surface area contributed by atoms with Crippen LogP contribution in [0.4, 0.5) is 0 Å². The SMILES string of the molecule is Cc1ncc2c(c1CNS(=O)(=O)N(C)C)CCN(C(=O)C(C)Oc1cccc(Cl)c1)C2. The van der Waals surface area contributed by atoms with Crippen molar-refractivity contribution in [3.05, 3.63) is 57.9 Å². The molecule has 0 radical (unpaired) electrons. The number of ether oxygens (including phenoxy) is 1. The van der Waals surface area contributed by atoms with Gasteiger partial charge in [0, 0.05) is 50.6 Å². The number of hydrogen-bond donors (Lipinski definition) is 1. The van der Waals surface area contributed by atoms with Gasteiger partial charge in [-0.3, -0.25) is 9.78 Å². The number of aryl methyl sites for hydroxylation is 1. The van der Waals surface area contributed by atoms with E-state index in [0.717, 1.165) is 26.7 Å². The fourth-order valence-corrected chi connectivity index (χ4v) is 4.25. The van der Waals surface area contributed by atoms with Gasteiger partial charge in [-0.15, -0.1) is 0 Å². The number of fused-ring (bicyclic) bond motifs is 1. The van der Waals surface area contributed by atoms with Crippen molar-refractivity contribution in [2.24, 2.45) is 0 Å². The van der Waals surface area contributed by atoms with Crippen LogP contribution in [-0.2, 0) is 34.5 Å². The van der Waals surface area contributed by atoms with Gasteiger partial charge >= 0.3 is 0 Å². The van der Waals surface area contributed by atoms with E-state index in [2.05, 4.69) is 9.71 Å². The van der Waals surface area contributed by atoms with Crippen LogP contribution in [0.15, 0.2) is 30.5 Å². The van der Waals surface area contributed by atoms with E-state index in [1.807, 2.05) is 6.92 Å². The van der Waals surface area contributed by atoms with Gasteiger partial charge in [-0.25, -0.2) is 0 Å². The van der Waals surface area contributed by atoms with Gasteiger partial charge in [0.25, 0.3) is 16.1 Å². The molecule has 1 amide bonds. The number of nitrogens with one attached hydrogen (secondary N) is 1. The van der Waals surface area contributed by atoms with E-state index < -0.39 is 16.3 Å². The highest BCUT2D eigenvalue weighted by Crippen LogP contribution is 2.25. The van der Waals surface area contributed by atoms with E-state index in [0.29, 0.717) is 30.3 Å². The molecule has 0 saturated carbocycles. The minimum absolute atomic E-state index is 0.124. The van der Waals surface area contributed by atoms with Crippen molar-refractivity contribution in [2.75, 3.05) is 20.6 Å². The maximum atomic E-state index is 12.9. The first-order valence-corrected chi connectivity index (χ1v) is 11.7. The van der Waals surface area contributed by atoms with Crippen molar-refractivity contribution < 1.29 is 17.9 Å². The molecular weight excluding hydrogens is 440 g/mol. The number of carbonyl (C=O) groups excluding carboxylic acids is 1. The molecule has 10 heteroatoms. The van der Waals surface area contributed by atoms with E-state index in [4.69, 9.17) is 16.3 Å². The topological polar surface area (TPSA) is 91.8 Å². The predicted molar refractivity (Wildman–Crippen MR) is 119 cm³/mol. The summed E-state index contributed by atoms with van der Waals surface area (Å²) in [5.74, 6) is 0.416. The van der Waals surface area contributed by atoms with E-state index in [-0.39, 0.29) is 12.5 Å². The molecule has 1 aromatic heterocycles. The van der Waals surface area contributed by atoms with E-state index >= 15 is 0 Å². The lowest BCUT2D eigenvalue weighted by Gasteiger charge is -2.32. The van der Waals surface area contributed by atoms with E-state index in [9.17, 15) is 13.2 Å². The number of aromatic nitrogens is 1. The molecule has 31 heavy (non-hydrogen) atoms. The van der Waals surface area contributed by atoms with Crippen LogP contribution in [-0.4, -0.2) is 55.3 Å². The summed E-state index contributed by atoms with van der Waals surface area (Å²) in [4.78, 5) is 19.1. The lowest BCUT2D eigenvalue weighted by molar-refractivity contribution is -0.138. The molecule has 1 aromatic carbocycles. The normalized spacial score (nSPS) is 15.0. The minimum Gasteiger partial charge on any atom is -0.481 e. The van der Waals surface area contributed by atoms with Crippen LogP contribution in [0.2, 0.25) is 5.02 Å². The molecule has 1 atom stereocenters. The Morgan fingerprint density at radius 2 is 2.13 bits per heavy atom. The second kappa shape index (κ2) is 9.52. The summed E-state index contributed by atoms with van der Waals surface area (Å²) in [6.45, 7) is 4.65. The Hall–Kier alpha value is -2.20. The summed E-state index contributed by atoms with van der Waals surface area (Å²) in [6, 6.07) is 6.94. The van der Waals surface area contributed by atoms with Crippen LogP contribution in [0.5, 0.6) is 5.75 Å². The van der Waals surface area contributed by atoms with Crippen LogP contribution in [0.1, 0.15) is 29.3 Å². The molecular formula is C21H27ClN4O4S. The smallest absolute Gasteiger partial charge is 0.279 e. The lowest BCUT2D eigenvalue weighted by Crippen LogP contribution is -2.43. The largest absolute Gasteiger partial charge is 0.481 e. The van der Waals surface area contributed by atoms with Crippen LogP contribution in [0.25, 0.3) is 0 Å². The van der Waals surface area contributed by atoms with Gasteiger partial charge in [0.05, 0.1) is 0 Å². The Labute approximate surface area is 188 Å². The van der Waals surface area contributed by atoms with Crippen molar-refractivity contribution in [3.63, 3.8) is 0 Å². The molecule has 168 valence electrons. The Kier molecular flexibility index (Phi) is 7.20. The van der Waals surface area contributed by atoms with Gasteiger partial charge in [0.15, 0.2) is 6.10 Å². The second-order valence-electron chi connectivity index (χ2n) is 7.66. The molecule has 0 saturated heterocycles. The zero-order valence-electron chi connectivity index (χ0n) is 18.1. The summed E-state index contributed by atoms with van der Waals surface area (Å²) >= 11 is 5.98. The summed E-state index contributed by atoms with van der Waals surface area (Å²) in [5, 5.41) is 0.544. The number of hydrogen-bond acceptors (Lipinski definition) is 5. The van der Waals surface area contributed by atoms with Crippen LogP contribution < -0.4 is 9.46 Å². The Morgan fingerprint density at radius 3 is 2.81 bits per heavy atom. The molecule has 8 nitrogen and oxygen atoms in total. The third-order valence-electron chi connectivity index (χ3n) is 5.28. The standard InChI is InChI=1S/C21H27ClN4O4S/c1-14-20(12-24-31(28,29)25(3)4)19-8-9-26(13-16(19)11-23-14)21(27)15(2)30-18-7-5-6-17(22)10-18/h5-7,10-11,15,24H,8-9,12-13H2,1-4H3. The number of amides is 1. The summed E-state index contributed by atoms with van der Waals surface area (Å²) in [6.07, 6.45) is 1.72. The lowest BCUT2D eigenvalue weighted by atomic mass is 9.95. The zero-order chi connectivity index (χ0) is 22.8. The maximum absolute atomic E-state index is 12.9. The van der Waals surface area contributed by atoms with E-state index in [1.54, 1.807) is 42.3 Å². The van der Waals surface area contributed by atoms with Gasteiger partial charge in [0.1, 0.15) is 5.75 Å². The molecule has 1 N–H and O–H groups in total. The number of halogens is 1. The van der Waals surface area contributed by atoms with Crippen molar-refractivity contribution >= 4 is 27.7 Å². The second-order valence-corrected chi connectivity index (χ2v) is 10.1. The number of benzene rings is 1. The summed E-state index contributed by atoms with van der Waals surface area (Å²) in [5.41, 5.74) is 3.59. The Balaban J connectivity index is 1.72. The molecule has 1 aliphatic rings. The van der Waals surface area contributed by atoms with Gasteiger partial charge < -0.3 is 9.64 Å². The number of pyridine rings is 1. The summed E-state index contributed by atoms with van der Waals surface area (Å²) in [7, 11) is -0.590. The highest BCUT2D eigenvalue weighted by molar-refractivity contribution is 7.87.